The Morgan fingerprint density at radius 2 is 1.90 bits per heavy atom. The number of hydrogen-bond donors (Lipinski definition) is 1. The van der Waals surface area contributed by atoms with Crippen LogP contribution in [-0.2, 0) is 14.3 Å². The summed E-state index contributed by atoms with van der Waals surface area (Å²) in [6.45, 7) is 11.3. The van der Waals surface area contributed by atoms with Crippen LogP contribution in [0.1, 0.15) is 20.3 Å². The molecule has 0 saturated carbocycles. The predicted octanol–water partition coefficient (Wildman–Crippen LogP) is 2.51. The zero-order valence-corrected chi connectivity index (χ0v) is 11.9. The molecule has 1 aliphatic heterocycles. The highest BCUT2D eigenvalue weighted by molar-refractivity contribution is 5.88. The molecule has 1 heterocycles. The molecule has 1 N–H and O–H groups in total. The summed E-state index contributed by atoms with van der Waals surface area (Å²) in [7, 11) is 0. The van der Waals surface area contributed by atoms with E-state index >= 15 is 0 Å². The Kier molecular flexibility index (Phi) is 13.3. The van der Waals surface area contributed by atoms with E-state index in [4.69, 9.17) is 19.9 Å². The number of nitriles is 1. The van der Waals surface area contributed by atoms with E-state index < -0.39 is 5.97 Å². The number of carbonyl (C=O) groups is 2. The fraction of sp³-hybridized carbons (Fsp3) is 0.400. The molecular weight excluding hydrogens is 258 g/mol. The van der Waals surface area contributed by atoms with Gasteiger partial charge in [0.2, 0.25) is 0 Å². The van der Waals surface area contributed by atoms with Gasteiger partial charge in [-0.25, -0.2) is 4.79 Å². The molecule has 1 saturated heterocycles. The summed E-state index contributed by atoms with van der Waals surface area (Å²) in [5.74, 6) is -0.274. The molecule has 2 unspecified atom stereocenters. The molecule has 110 valence electrons. The lowest BCUT2D eigenvalue weighted by Gasteiger charge is -2.16. The van der Waals surface area contributed by atoms with Gasteiger partial charge in [-0.2, -0.15) is 5.26 Å². The minimum Gasteiger partial charge on any atom is -0.478 e. The van der Waals surface area contributed by atoms with E-state index in [9.17, 15) is 4.79 Å². The number of carbonyl (C=O) groups excluding carboxylic acids is 1. The van der Waals surface area contributed by atoms with Crippen LogP contribution in [0, 0.1) is 17.2 Å². The average Bonchev–Trinajstić information content (AvgIpc) is 3.18. The maximum Gasteiger partial charge on any atom is 0.331 e. The van der Waals surface area contributed by atoms with Crippen molar-refractivity contribution in [1.82, 2.24) is 0 Å². The van der Waals surface area contributed by atoms with Crippen molar-refractivity contribution in [1.29, 1.82) is 5.26 Å². The normalized spacial score (nSPS) is 20.1. The molecule has 2 rings (SSSR count). The highest BCUT2D eigenvalue weighted by Gasteiger charge is 2.19. The Hall–Kier alpha value is -2.19. The first-order valence-electron chi connectivity index (χ1n) is 6.05. The van der Waals surface area contributed by atoms with Gasteiger partial charge >= 0.3 is 5.97 Å². The quantitative estimate of drug-likeness (QED) is 0.363. The molecule has 0 aromatic heterocycles. The molecule has 0 radical (unpaired) electrons. The van der Waals surface area contributed by atoms with Gasteiger partial charge in [-0.05, 0) is 25.3 Å². The van der Waals surface area contributed by atoms with Crippen LogP contribution in [0.15, 0.2) is 37.0 Å². The largest absolute Gasteiger partial charge is 0.478 e. The number of rotatable bonds is 2. The average molecular weight is 279 g/mol. The van der Waals surface area contributed by atoms with Crippen molar-refractivity contribution in [2.75, 3.05) is 6.61 Å². The van der Waals surface area contributed by atoms with Crippen molar-refractivity contribution >= 4 is 12.3 Å². The summed E-state index contributed by atoms with van der Waals surface area (Å²) in [4.78, 5) is 19.1. The topological polar surface area (TPSA) is 90.7 Å². The van der Waals surface area contributed by atoms with Crippen molar-refractivity contribution in [2.24, 2.45) is 5.92 Å². The monoisotopic (exact) mass is 279 g/mol. The first-order chi connectivity index (χ1) is 9.42. The molecule has 2 aliphatic rings. The zero-order valence-electron chi connectivity index (χ0n) is 11.9. The lowest BCUT2D eigenvalue weighted by Crippen LogP contribution is -2.13. The summed E-state index contributed by atoms with van der Waals surface area (Å²) in [6, 6.07) is 1.69. The summed E-state index contributed by atoms with van der Waals surface area (Å²) in [6.07, 6.45) is 6.12. The van der Waals surface area contributed by atoms with Crippen LogP contribution in [0.5, 0.6) is 0 Å². The second kappa shape index (κ2) is 13.2. The predicted molar refractivity (Wildman–Crippen MR) is 77.0 cm³/mol. The number of carboxylic acids is 1. The third-order valence-corrected chi connectivity index (χ3v) is 1.99. The molecule has 0 bridgehead atoms. The fourth-order valence-electron chi connectivity index (χ4n) is 0.912. The number of carboxylic acid groups (broad SMARTS) is 1. The van der Waals surface area contributed by atoms with Crippen molar-refractivity contribution in [2.45, 2.75) is 26.4 Å². The van der Waals surface area contributed by atoms with Gasteiger partial charge in [0.1, 0.15) is 6.29 Å². The van der Waals surface area contributed by atoms with Crippen LogP contribution in [0.3, 0.4) is 0 Å². The van der Waals surface area contributed by atoms with Gasteiger partial charge in [0, 0.05) is 11.6 Å². The number of hydrogen-bond acceptors (Lipinski definition) is 4. The molecule has 0 aromatic rings. The van der Waals surface area contributed by atoms with E-state index in [1.807, 2.05) is 6.92 Å². The summed E-state index contributed by atoms with van der Waals surface area (Å²) in [5.41, 5.74) is 0.567. The van der Waals surface area contributed by atoms with Gasteiger partial charge < -0.3 is 9.84 Å². The number of aldehydes is 1. The summed E-state index contributed by atoms with van der Waals surface area (Å²) in [5, 5.41) is 15.8. The molecule has 5 nitrogen and oxygen atoms in total. The zero-order chi connectivity index (χ0) is 16.0. The maximum atomic E-state index is 10.1. The number of aliphatic carboxylic acids is 1. The highest BCUT2D eigenvalue weighted by Crippen LogP contribution is 2.24. The lowest BCUT2D eigenvalue weighted by atomic mass is 9.88. The number of epoxide rings is 1. The van der Waals surface area contributed by atoms with Crippen molar-refractivity contribution in [3.05, 3.63) is 37.0 Å². The van der Waals surface area contributed by atoms with Crippen LogP contribution >= 0.6 is 0 Å². The molecule has 1 aliphatic carbocycles. The van der Waals surface area contributed by atoms with Gasteiger partial charge in [-0.1, -0.05) is 26.2 Å². The van der Waals surface area contributed by atoms with Crippen LogP contribution in [0.25, 0.3) is 0 Å². The second-order valence-corrected chi connectivity index (χ2v) is 4.03. The molecule has 2 atom stereocenters. The van der Waals surface area contributed by atoms with E-state index in [1.165, 1.54) is 12.2 Å². The first kappa shape index (κ1) is 20.1. The van der Waals surface area contributed by atoms with E-state index in [0.717, 1.165) is 13.0 Å². The molecule has 0 spiro atoms. The van der Waals surface area contributed by atoms with Gasteiger partial charge in [-0.3, -0.25) is 4.79 Å². The third kappa shape index (κ3) is 15.8. The Morgan fingerprint density at radius 1 is 1.55 bits per heavy atom. The Balaban J connectivity index is 0. The van der Waals surface area contributed by atoms with Crippen LogP contribution in [-0.4, -0.2) is 30.1 Å². The third-order valence-electron chi connectivity index (χ3n) is 1.99. The number of allylic oxidation sites excluding steroid dienone is 3. The van der Waals surface area contributed by atoms with Crippen molar-refractivity contribution in [3.63, 3.8) is 0 Å². The standard InChI is InChI=1S/C6H8O2.C3H3N.C3H6O.C3H4O/c1-4-2-5(3-4)6(7)8;1-2-3-4;1-3-2-4-3;1-2-3-4/h2,4H,3H2,1H3,(H,7,8);2H,1H2;3H,2H2,1H3;2-3H,1H2. The molecule has 0 aromatic carbocycles. The Bertz CT molecular complexity index is 383. The molecular formula is C15H21NO4. The first-order valence-corrected chi connectivity index (χ1v) is 6.05. The molecule has 1 fully saturated rings. The fourth-order valence-corrected chi connectivity index (χ4v) is 0.912. The van der Waals surface area contributed by atoms with E-state index in [-0.39, 0.29) is 0 Å². The number of nitrogens with zero attached hydrogens (tertiary/aromatic N) is 1. The van der Waals surface area contributed by atoms with E-state index in [1.54, 1.807) is 12.1 Å². The second-order valence-electron chi connectivity index (χ2n) is 4.03. The van der Waals surface area contributed by atoms with Gasteiger partial charge in [0.25, 0.3) is 0 Å². The van der Waals surface area contributed by atoms with Crippen LogP contribution in [0.2, 0.25) is 0 Å². The van der Waals surface area contributed by atoms with Gasteiger partial charge in [-0.15, -0.1) is 0 Å². The van der Waals surface area contributed by atoms with Crippen molar-refractivity contribution < 1.29 is 19.4 Å². The smallest absolute Gasteiger partial charge is 0.331 e. The molecule has 5 heteroatoms. The summed E-state index contributed by atoms with van der Waals surface area (Å²) < 4.78 is 4.71. The SMILES string of the molecule is C=CC#N.C=CC=O.CC1C=C(C(=O)O)C1.CC1CO1. The minimum atomic E-state index is -0.761. The van der Waals surface area contributed by atoms with Crippen molar-refractivity contribution in [3.8, 4) is 6.07 Å². The van der Waals surface area contributed by atoms with Crippen LogP contribution < -0.4 is 0 Å². The highest BCUT2D eigenvalue weighted by atomic mass is 16.6. The Labute approximate surface area is 119 Å². The lowest BCUT2D eigenvalue weighted by molar-refractivity contribution is -0.133. The number of ether oxygens (including phenoxy) is 1. The molecule has 0 amide bonds. The van der Waals surface area contributed by atoms with E-state index in [2.05, 4.69) is 20.1 Å². The van der Waals surface area contributed by atoms with Gasteiger partial charge in [0.05, 0.1) is 18.8 Å². The van der Waals surface area contributed by atoms with Crippen LogP contribution in [0.4, 0.5) is 0 Å². The van der Waals surface area contributed by atoms with Gasteiger partial charge in [0.15, 0.2) is 0 Å². The maximum absolute atomic E-state index is 10.1. The van der Waals surface area contributed by atoms with E-state index in [0.29, 0.717) is 23.9 Å². The summed E-state index contributed by atoms with van der Waals surface area (Å²) >= 11 is 0. The minimum absolute atomic E-state index is 0.487. The molecule has 20 heavy (non-hydrogen) atoms. The Morgan fingerprint density at radius 3 is 1.95 bits per heavy atom.